The number of amides is 2. The molecule has 2 aromatic rings. The van der Waals surface area contributed by atoms with Gasteiger partial charge in [0.1, 0.15) is 5.00 Å². The predicted molar refractivity (Wildman–Crippen MR) is 96.6 cm³/mol. The lowest BCUT2D eigenvalue weighted by molar-refractivity contribution is -0.115. The van der Waals surface area contributed by atoms with Gasteiger partial charge >= 0.3 is 0 Å². The zero-order valence-electron chi connectivity index (χ0n) is 12.6. The molecular formula is C16H18BrN3O2S. The van der Waals surface area contributed by atoms with Crippen molar-refractivity contribution < 1.29 is 9.59 Å². The van der Waals surface area contributed by atoms with Crippen LogP contribution in [-0.2, 0) is 4.79 Å². The Balaban J connectivity index is 1.93. The number of carbonyl (C=O) groups is 2. The normalized spacial score (nSPS) is 11.9. The minimum atomic E-state index is -0.546. The highest BCUT2D eigenvalue weighted by molar-refractivity contribution is 9.10. The molecule has 4 N–H and O–H groups in total. The molecule has 1 aromatic heterocycles. The Labute approximate surface area is 147 Å². The van der Waals surface area contributed by atoms with Gasteiger partial charge in [-0.1, -0.05) is 35.0 Å². The van der Waals surface area contributed by atoms with Crippen molar-refractivity contribution in [2.45, 2.75) is 19.4 Å². The number of anilines is 1. The summed E-state index contributed by atoms with van der Waals surface area (Å²) in [5.41, 5.74) is 6.72. The molecule has 0 aliphatic heterocycles. The molecule has 0 bridgehead atoms. The second-order valence-electron chi connectivity index (χ2n) is 4.97. The highest BCUT2D eigenvalue weighted by Gasteiger charge is 2.14. The average molecular weight is 396 g/mol. The number of hydrogen-bond donors (Lipinski definition) is 3. The van der Waals surface area contributed by atoms with E-state index in [0.717, 1.165) is 16.5 Å². The zero-order chi connectivity index (χ0) is 16.8. The van der Waals surface area contributed by atoms with Crippen LogP contribution in [0.25, 0.3) is 0 Å². The monoisotopic (exact) mass is 395 g/mol. The van der Waals surface area contributed by atoms with Crippen molar-refractivity contribution >= 4 is 44.1 Å². The summed E-state index contributed by atoms with van der Waals surface area (Å²) in [5.74, 6) is -0.749. The maximum absolute atomic E-state index is 12.1. The van der Waals surface area contributed by atoms with Gasteiger partial charge in [-0.2, -0.15) is 0 Å². The number of rotatable bonds is 7. The first kappa shape index (κ1) is 17.7. The lowest BCUT2D eigenvalue weighted by Crippen LogP contribution is -2.31. The fourth-order valence-electron chi connectivity index (χ4n) is 2.18. The van der Waals surface area contributed by atoms with Crippen molar-refractivity contribution in [1.82, 2.24) is 5.32 Å². The molecule has 0 fully saturated rings. The molecule has 5 nitrogen and oxygen atoms in total. The van der Waals surface area contributed by atoms with E-state index in [2.05, 4.69) is 33.5 Å². The molecule has 0 spiro atoms. The van der Waals surface area contributed by atoms with Crippen molar-refractivity contribution in [3.63, 3.8) is 0 Å². The second-order valence-corrected chi connectivity index (χ2v) is 6.80. The summed E-state index contributed by atoms with van der Waals surface area (Å²) < 4.78 is 1.02. The number of carbonyl (C=O) groups excluding carboxylic acids is 2. The Kier molecular flexibility index (Phi) is 6.32. The van der Waals surface area contributed by atoms with Crippen LogP contribution in [0, 0.1) is 0 Å². The quantitative estimate of drug-likeness (QED) is 0.672. The van der Waals surface area contributed by atoms with Gasteiger partial charge in [-0.05, 0) is 35.6 Å². The zero-order valence-corrected chi connectivity index (χ0v) is 15.0. The van der Waals surface area contributed by atoms with Crippen LogP contribution in [0.15, 0.2) is 40.2 Å². The number of hydrogen-bond acceptors (Lipinski definition) is 4. The molecule has 2 rings (SSSR count). The van der Waals surface area contributed by atoms with Crippen molar-refractivity contribution in [3.05, 3.63) is 51.3 Å². The minimum Gasteiger partial charge on any atom is -0.366 e. The topological polar surface area (TPSA) is 84.2 Å². The maximum Gasteiger partial charge on any atom is 0.251 e. The van der Waals surface area contributed by atoms with Gasteiger partial charge in [-0.25, -0.2) is 0 Å². The Hall–Kier alpha value is -1.70. The Morgan fingerprint density at radius 2 is 1.96 bits per heavy atom. The highest BCUT2D eigenvalue weighted by Crippen LogP contribution is 2.23. The number of primary amides is 1. The SMILES string of the molecule is CCC(NCC(=O)Nc1sccc1C(N)=O)c1ccc(Br)cc1. The van der Waals surface area contributed by atoms with Crippen molar-refractivity contribution in [2.75, 3.05) is 11.9 Å². The van der Waals surface area contributed by atoms with E-state index in [9.17, 15) is 9.59 Å². The van der Waals surface area contributed by atoms with Gasteiger partial charge in [0.05, 0.1) is 12.1 Å². The summed E-state index contributed by atoms with van der Waals surface area (Å²) in [6, 6.07) is 9.69. The fourth-order valence-corrected chi connectivity index (χ4v) is 3.25. The first-order chi connectivity index (χ1) is 11.0. The summed E-state index contributed by atoms with van der Waals surface area (Å²) in [6.07, 6.45) is 0.862. The summed E-state index contributed by atoms with van der Waals surface area (Å²) in [6.45, 7) is 2.22. The standard InChI is InChI=1S/C16H18BrN3O2S/c1-2-13(10-3-5-11(17)6-4-10)19-9-14(21)20-16-12(15(18)22)7-8-23-16/h3-8,13,19H,2,9H2,1H3,(H2,18,22)(H,20,21). The molecule has 1 aromatic carbocycles. The van der Waals surface area contributed by atoms with E-state index in [1.54, 1.807) is 11.4 Å². The molecule has 0 aliphatic carbocycles. The Bertz CT molecular complexity index is 685. The molecule has 122 valence electrons. The molecule has 1 unspecified atom stereocenters. The number of halogens is 1. The molecule has 23 heavy (non-hydrogen) atoms. The molecular weight excluding hydrogens is 378 g/mol. The molecule has 1 heterocycles. The van der Waals surface area contributed by atoms with Crippen LogP contribution < -0.4 is 16.4 Å². The van der Waals surface area contributed by atoms with Crippen LogP contribution in [0.1, 0.15) is 35.3 Å². The van der Waals surface area contributed by atoms with Gasteiger partial charge in [-0.3, -0.25) is 9.59 Å². The van der Waals surface area contributed by atoms with Gasteiger partial charge in [0, 0.05) is 10.5 Å². The summed E-state index contributed by atoms with van der Waals surface area (Å²) >= 11 is 4.69. The van der Waals surface area contributed by atoms with Crippen LogP contribution in [0.3, 0.4) is 0 Å². The van der Waals surface area contributed by atoms with E-state index >= 15 is 0 Å². The molecule has 7 heteroatoms. The first-order valence-electron chi connectivity index (χ1n) is 7.17. The average Bonchev–Trinajstić information content (AvgIpc) is 2.98. The first-order valence-corrected chi connectivity index (χ1v) is 8.84. The van der Waals surface area contributed by atoms with Gasteiger partial charge in [-0.15, -0.1) is 11.3 Å². The lowest BCUT2D eigenvalue weighted by atomic mass is 10.0. The minimum absolute atomic E-state index is 0.0906. The molecule has 0 saturated heterocycles. The van der Waals surface area contributed by atoms with Gasteiger partial charge in [0.2, 0.25) is 5.91 Å². The smallest absolute Gasteiger partial charge is 0.251 e. The summed E-state index contributed by atoms with van der Waals surface area (Å²) in [7, 11) is 0. The fraction of sp³-hybridized carbons (Fsp3) is 0.250. The Morgan fingerprint density at radius 1 is 1.26 bits per heavy atom. The van der Waals surface area contributed by atoms with E-state index in [1.165, 1.54) is 11.3 Å². The van der Waals surface area contributed by atoms with Crippen LogP contribution in [0.2, 0.25) is 0 Å². The summed E-state index contributed by atoms with van der Waals surface area (Å²) in [5, 5.41) is 8.16. The Morgan fingerprint density at radius 3 is 2.57 bits per heavy atom. The molecule has 2 amide bonds. The maximum atomic E-state index is 12.1. The number of benzene rings is 1. The van der Waals surface area contributed by atoms with Gasteiger partial charge < -0.3 is 16.4 Å². The van der Waals surface area contributed by atoms with E-state index in [1.807, 2.05) is 24.3 Å². The largest absolute Gasteiger partial charge is 0.366 e. The predicted octanol–water partition coefficient (Wildman–Crippen LogP) is 3.29. The number of nitrogens with two attached hydrogens (primary N) is 1. The van der Waals surface area contributed by atoms with Crippen molar-refractivity contribution in [3.8, 4) is 0 Å². The third-order valence-electron chi connectivity index (χ3n) is 3.37. The van der Waals surface area contributed by atoms with E-state index in [0.29, 0.717) is 10.6 Å². The highest BCUT2D eigenvalue weighted by atomic mass is 79.9. The summed E-state index contributed by atoms with van der Waals surface area (Å²) in [4.78, 5) is 23.3. The molecule has 0 aliphatic rings. The molecule has 0 saturated carbocycles. The molecule has 0 radical (unpaired) electrons. The number of thiophene rings is 1. The third-order valence-corrected chi connectivity index (χ3v) is 4.73. The van der Waals surface area contributed by atoms with Gasteiger partial charge in [0.15, 0.2) is 0 Å². The second kappa shape index (κ2) is 8.24. The van der Waals surface area contributed by atoms with E-state index in [-0.39, 0.29) is 18.5 Å². The third kappa shape index (κ3) is 4.89. The van der Waals surface area contributed by atoms with Gasteiger partial charge in [0.25, 0.3) is 5.91 Å². The molecule has 1 atom stereocenters. The van der Waals surface area contributed by atoms with Crippen LogP contribution in [-0.4, -0.2) is 18.4 Å². The van der Waals surface area contributed by atoms with E-state index in [4.69, 9.17) is 5.73 Å². The lowest BCUT2D eigenvalue weighted by Gasteiger charge is -2.17. The van der Waals surface area contributed by atoms with Crippen LogP contribution >= 0.6 is 27.3 Å². The van der Waals surface area contributed by atoms with Crippen LogP contribution in [0.4, 0.5) is 5.00 Å². The van der Waals surface area contributed by atoms with Crippen LogP contribution in [0.5, 0.6) is 0 Å². The van der Waals surface area contributed by atoms with Crippen molar-refractivity contribution in [2.24, 2.45) is 5.73 Å². The van der Waals surface area contributed by atoms with E-state index < -0.39 is 5.91 Å². The number of nitrogens with one attached hydrogen (secondary N) is 2. The van der Waals surface area contributed by atoms with Crippen molar-refractivity contribution in [1.29, 1.82) is 0 Å².